The number of rotatable bonds is 7. The fourth-order valence-corrected chi connectivity index (χ4v) is 3.41. The molecule has 0 aliphatic carbocycles. The molecule has 2 aromatic heterocycles. The summed E-state index contributed by atoms with van der Waals surface area (Å²) in [5.41, 5.74) is 10.2. The van der Waals surface area contributed by atoms with E-state index in [-0.39, 0.29) is 6.61 Å². The first-order valence-electron chi connectivity index (χ1n) is 9.36. The molecule has 0 bridgehead atoms. The van der Waals surface area contributed by atoms with Gasteiger partial charge in [0.2, 0.25) is 5.91 Å². The molecule has 0 fully saturated rings. The Kier molecular flexibility index (Phi) is 5.22. The van der Waals surface area contributed by atoms with Crippen molar-refractivity contribution in [3.05, 3.63) is 78.4 Å². The van der Waals surface area contributed by atoms with Gasteiger partial charge in [-0.15, -0.1) is 0 Å². The first-order valence-corrected chi connectivity index (χ1v) is 9.36. The fraction of sp³-hybridized carbons (Fsp3) is 0.136. The van der Waals surface area contributed by atoms with E-state index in [1.807, 2.05) is 47.2 Å². The SMILES string of the molecule is NC(=O)c1cccc(-c2cn[nH]c2)c1-c1nc(CCCO)cn1-c1ccccc1. The molecule has 0 aliphatic rings. The highest BCUT2D eigenvalue weighted by atomic mass is 16.2. The van der Waals surface area contributed by atoms with Gasteiger partial charge in [-0.3, -0.25) is 14.5 Å². The van der Waals surface area contributed by atoms with Crippen LogP contribution in [-0.2, 0) is 6.42 Å². The maximum atomic E-state index is 12.3. The van der Waals surface area contributed by atoms with E-state index < -0.39 is 5.91 Å². The molecule has 29 heavy (non-hydrogen) atoms. The van der Waals surface area contributed by atoms with Gasteiger partial charge >= 0.3 is 0 Å². The molecule has 7 heteroatoms. The van der Waals surface area contributed by atoms with Crippen LogP contribution < -0.4 is 5.73 Å². The maximum Gasteiger partial charge on any atom is 0.249 e. The molecule has 0 saturated carbocycles. The Labute approximate surface area is 167 Å². The number of nitrogens with one attached hydrogen (secondary N) is 1. The van der Waals surface area contributed by atoms with E-state index in [1.54, 1.807) is 24.5 Å². The van der Waals surface area contributed by atoms with Crippen molar-refractivity contribution < 1.29 is 9.90 Å². The van der Waals surface area contributed by atoms with E-state index >= 15 is 0 Å². The highest BCUT2D eigenvalue weighted by Gasteiger charge is 2.22. The van der Waals surface area contributed by atoms with Gasteiger partial charge in [0.1, 0.15) is 5.82 Å². The third-order valence-electron chi connectivity index (χ3n) is 4.74. The molecule has 0 saturated heterocycles. The molecular formula is C22H21N5O2. The number of aromatic nitrogens is 4. The van der Waals surface area contributed by atoms with Gasteiger partial charge in [-0.1, -0.05) is 30.3 Å². The van der Waals surface area contributed by atoms with Crippen molar-refractivity contribution in [2.75, 3.05) is 6.61 Å². The Hall–Kier alpha value is -3.71. The molecule has 0 atom stereocenters. The summed E-state index contributed by atoms with van der Waals surface area (Å²) in [6, 6.07) is 15.2. The van der Waals surface area contributed by atoms with Crippen LogP contribution in [-0.4, -0.2) is 37.4 Å². The predicted octanol–water partition coefficient (Wildman–Crippen LogP) is 2.95. The number of hydrogen-bond donors (Lipinski definition) is 3. The minimum atomic E-state index is -0.523. The molecule has 4 rings (SSSR count). The molecule has 4 N–H and O–H groups in total. The zero-order valence-electron chi connectivity index (χ0n) is 15.7. The van der Waals surface area contributed by atoms with Crippen LogP contribution in [0.5, 0.6) is 0 Å². The van der Waals surface area contributed by atoms with Gasteiger partial charge in [-0.2, -0.15) is 5.10 Å². The van der Waals surface area contributed by atoms with Gasteiger partial charge in [0.05, 0.1) is 17.5 Å². The van der Waals surface area contributed by atoms with Crippen LogP contribution in [0.15, 0.2) is 67.1 Å². The molecule has 7 nitrogen and oxygen atoms in total. The number of carbonyl (C=O) groups excluding carboxylic acids is 1. The summed E-state index contributed by atoms with van der Waals surface area (Å²) in [6.07, 6.45) is 6.65. The van der Waals surface area contributed by atoms with Gasteiger partial charge in [-0.05, 0) is 36.6 Å². The number of nitrogens with zero attached hydrogens (tertiary/aromatic N) is 3. The summed E-state index contributed by atoms with van der Waals surface area (Å²) in [5.74, 6) is 0.0969. The van der Waals surface area contributed by atoms with Crippen molar-refractivity contribution in [2.24, 2.45) is 5.73 Å². The number of aromatic amines is 1. The van der Waals surface area contributed by atoms with Crippen molar-refractivity contribution >= 4 is 5.91 Å². The van der Waals surface area contributed by atoms with Crippen molar-refractivity contribution in [1.29, 1.82) is 0 Å². The number of amides is 1. The van der Waals surface area contributed by atoms with Crippen LogP contribution in [0.2, 0.25) is 0 Å². The molecule has 1 amide bonds. The van der Waals surface area contributed by atoms with Gasteiger partial charge < -0.3 is 10.8 Å². The van der Waals surface area contributed by atoms with Crippen molar-refractivity contribution in [3.8, 4) is 28.2 Å². The normalized spacial score (nSPS) is 10.9. The molecule has 2 heterocycles. The summed E-state index contributed by atoms with van der Waals surface area (Å²) >= 11 is 0. The zero-order chi connectivity index (χ0) is 20.2. The fourth-order valence-electron chi connectivity index (χ4n) is 3.41. The molecule has 4 aromatic rings. The lowest BCUT2D eigenvalue weighted by Gasteiger charge is -2.14. The number of H-pyrrole nitrogens is 1. The lowest BCUT2D eigenvalue weighted by atomic mass is 9.96. The van der Waals surface area contributed by atoms with Gasteiger partial charge in [0.15, 0.2) is 0 Å². The number of carbonyl (C=O) groups is 1. The topological polar surface area (TPSA) is 110 Å². The number of aryl methyl sites for hydroxylation is 1. The van der Waals surface area contributed by atoms with Gasteiger partial charge in [0.25, 0.3) is 0 Å². The van der Waals surface area contributed by atoms with Crippen LogP contribution in [0.4, 0.5) is 0 Å². The number of aliphatic hydroxyl groups is 1. The number of primary amides is 1. The molecular weight excluding hydrogens is 366 g/mol. The summed E-state index contributed by atoms with van der Waals surface area (Å²) in [4.78, 5) is 17.1. The number of hydrogen-bond acceptors (Lipinski definition) is 4. The highest BCUT2D eigenvalue weighted by molar-refractivity contribution is 6.03. The molecule has 0 unspecified atom stereocenters. The zero-order valence-corrected chi connectivity index (χ0v) is 15.7. The highest BCUT2D eigenvalue weighted by Crippen LogP contribution is 2.35. The quantitative estimate of drug-likeness (QED) is 0.453. The number of para-hydroxylation sites is 1. The minimum Gasteiger partial charge on any atom is -0.396 e. The lowest BCUT2D eigenvalue weighted by Crippen LogP contribution is -2.14. The molecule has 0 radical (unpaired) electrons. The van der Waals surface area contributed by atoms with Crippen molar-refractivity contribution in [2.45, 2.75) is 12.8 Å². The number of aliphatic hydroxyl groups excluding tert-OH is 1. The second kappa shape index (κ2) is 8.12. The van der Waals surface area contributed by atoms with E-state index in [0.29, 0.717) is 29.8 Å². The van der Waals surface area contributed by atoms with E-state index in [9.17, 15) is 9.90 Å². The monoisotopic (exact) mass is 387 g/mol. The predicted molar refractivity (Wildman–Crippen MR) is 111 cm³/mol. The number of nitrogens with two attached hydrogens (primary N) is 1. The smallest absolute Gasteiger partial charge is 0.249 e. The minimum absolute atomic E-state index is 0.0890. The largest absolute Gasteiger partial charge is 0.396 e. The number of imidazole rings is 1. The third kappa shape index (κ3) is 3.68. The van der Waals surface area contributed by atoms with E-state index in [1.165, 1.54) is 0 Å². The van der Waals surface area contributed by atoms with E-state index in [4.69, 9.17) is 10.7 Å². The summed E-state index contributed by atoms with van der Waals surface area (Å²) in [5, 5.41) is 16.1. The Morgan fingerprint density at radius 2 is 1.97 bits per heavy atom. The standard InChI is InChI=1S/C22H21N5O2/c23-21(29)19-10-4-9-18(15-12-24-25-13-15)20(19)22-26-16(6-5-11-28)14-27(22)17-7-2-1-3-8-17/h1-4,7-10,12-14,28H,5-6,11H2,(H2,23,29)(H,24,25). The third-order valence-corrected chi connectivity index (χ3v) is 4.74. The van der Waals surface area contributed by atoms with Crippen LogP contribution in [0, 0.1) is 0 Å². The lowest BCUT2D eigenvalue weighted by molar-refractivity contribution is 0.100. The van der Waals surface area contributed by atoms with Crippen LogP contribution >= 0.6 is 0 Å². The van der Waals surface area contributed by atoms with Crippen molar-refractivity contribution in [1.82, 2.24) is 19.7 Å². The molecule has 2 aromatic carbocycles. The van der Waals surface area contributed by atoms with Crippen LogP contribution in [0.1, 0.15) is 22.5 Å². The average Bonchev–Trinajstić information content (AvgIpc) is 3.42. The van der Waals surface area contributed by atoms with Crippen LogP contribution in [0.3, 0.4) is 0 Å². The Morgan fingerprint density at radius 3 is 2.66 bits per heavy atom. The van der Waals surface area contributed by atoms with Gasteiger partial charge in [0, 0.05) is 35.8 Å². The first-order chi connectivity index (χ1) is 14.2. The molecule has 146 valence electrons. The van der Waals surface area contributed by atoms with Crippen LogP contribution in [0.25, 0.3) is 28.2 Å². The molecule has 0 spiro atoms. The Morgan fingerprint density at radius 1 is 1.14 bits per heavy atom. The van der Waals surface area contributed by atoms with E-state index in [0.717, 1.165) is 22.5 Å². The number of benzene rings is 2. The maximum absolute atomic E-state index is 12.3. The van der Waals surface area contributed by atoms with E-state index in [2.05, 4.69) is 10.2 Å². The summed E-state index contributed by atoms with van der Waals surface area (Å²) in [7, 11) is 0. The van der Waals surface area contributed by atoms with Gasteiger partial charge in [-0.25, -0.2) is 4.98 Å². The second-order valence-electron chi connectivity index (χ2n) is 6.67. The first kappa shape index (κ1) is 18.6. The van der Waals surface area contributed by atoms with Crippen molar-refractivity contribution in [3.63, 3.8) is 0 Å². The summed E-state index contributed by atoms with van der Waals surface area (Å²) < 4.78 is 1.96. The molecule has 0 aliphatic heterocycles. The second-order valence-corrected chi connectivity index (χ2v) is 6.67. The summed E-state index contributed by atoms with van der Waals surface area (Å²) in [6.45, 7) is 0.0890. The Balaban J connectivity index is 1.99. The average molecular weight is 387 g/mol. The Bertz CT molecular complexity index is 1120.